The molecule has 2 amide bonds. The first-order chi connectivity index (χ1) is 15.9. The third kappa shape index (κ3) is 4.72. The Hall–Kier alpha value is -3.35. The van der Waals surface area contributed by atoms with E-state index in [2.05, 4.69) is 34.9 Å². The second kappa shape index (κ2) is 9.65. The molecule has 0 radical (unpaired) electrons. The second-order valence-corrected chi connectivity index (χ2v) is 9.09. The Morgan fingerprint density at radius 3 is 2.30 bits per heavy atom. The van der Waals surface area contributed by atoms with Crippen molar-refractivity contribution in [1.29, 1.82) is 0 Å². The fourth-order valence-electron chi connectivity index (χ4n) is 5.10. The lowest BCUT2D eigenvalue weighted by molar-refractivity contribution is -0.137. The summed E-state index contributed by atoms with van der Waals surface area (Å²) in [7, 11) is 0. The smallest absolute Gasteiger partial charge is 0.407 e. The third-order valence-corrected chi connectivity index (χ3v) is 6.99. The van der Waals surface area contributed by atoms with E-state index in [1.165, 1.54) is 11.1 Å². The number of nitrogens with one attached hydrogen (secondary N) is 2. The first-order valence-corrected chi connectivity index (χ1v) is 11.5. The number of ether oxygens (including phenoxy) is 1. The summed E-state index contributed by atoms with van der Waals surface area (Å²) in [4.78, 5) is 36.4. The molecule has 174 valence electrons. The van der Waals surface area contributed by atoms with E-state index in [0.29, 0.717) is 12.8 Å². The molecular weight excluding hydrogens is 420 g/mol. The maximum absolute atomic E-state index is 12.8. The highest BCUT2D eigenvalue weighted by Crippen LogP contribution is 2.44. The minimum atomic E-state index is -0.961. The summed E-state index contributed by atoms with van der Waals surface area (Å²) in [6, 6.07) is 16.0. The molecular formula is C26H30N2O5. The summed E-state index contributed by atoms with van der Waals surface area (Å²) in [5.41, 5.74) is 3.82. The van der Waals surface area contributed by atoms with Crippen molar-refractivity contribution in [2.75, 3.05) is 13.2 Å². The molecule has 4 rings (SSSR count). The van der Waals surface area contributed by atoms with E-state index in [0.717, 1.165) is 24.0 Å². The van der Waals surface area contributed by atoms with Crippen LogP contribution in [0.1, 0.15) is 56.1 Å². The Morgan fingerprint density at radius 1 is 1.03 bits per heavy atom. The number of carbonyl (C=O) groups excluding carboxylic acids is 2. The van der Waals surface area contributed by atoms with Crippen molar-refractivity contribution >= 4 is 18.0 Å². The van der Waals surface area contributed by atoms with Gasteiger partial charge in [-0.3, -0.25) is 9.59 Å². The Kier molecular flexibility index (Phi) is 6.67. The van der Waals surface area contributed by atoms with Gasteiger partial charge < -0.3 is 20.5 Å². The fourth-order valence-corrected chi connectivity index (χ4v) is 5.10. The largest absolute Gasteiger partial charge is 0.481 e. The highest BCUT2D eigenvalue weighted by molar-refractivity contribution is 5.84. The number of carboxylic acids is 1. The highest BCUT2D eigenvalue weighted by Gasteiger charge is 2.44. The number of aliphatic carboxylic acids is 1. The van der Waals surface area contributed by atoms with Gasteiger partial charge in [-0.15, -0.1) is 0 Å². The molecule has 1 saturated carbocycles. The quantitative estimate of drug-likeness (QED) is 0.590. The molecule has 0 bridgehead atoms. The van der Waals surface area contributed by atoms with Gasteiger partial charge in [0.15, 0.2) is 0 Å². The SMILES string of the molecule is CC1(C(=O)NCCC(=O)O)CCCCC1NC(=O)OCC1c2ccccc2-c2ccccc21. The molecule has 0 aromatic heterocycles. The zero-order valence-corrected chi connectivity index (χ0v) is 18.8. The lowest BCUT2D eigenvalue weighted by Gasteiger charge is -2.40. The molecule has 2 unspecified atom stereocenters. The number of benzene rings is 2. The lowest BCUT2D eigenvalue weighted by Crippen LogP contribution is -2.55. The van der Waals surface area contributed by atoms with Crippen LogP contribution in [-0.2, 0) is 14.3 Å². The van der Waals surface area contributed by atoms with Gasteiger partial charge in [-0.1, -0.05) is 61.4 Å². The number of hydrogen-bond acceptors (Lipinski definition) is 4. The van der Waals surface area contributed by atoms with Gasteiger partial charge in [0.2, 0.25) is 5.91 Å². The molecule has 1 fully saturated rings. The molecule has 7 heteroatoms. The summed E-state index contributed by atoms with van der Waals surface area (Å²) < 4.78 is 5.67. The van der Waals surface area contributed by atoms with Crippen molar-refractivity contribution in [2.24, 2.45) is 5.41 Å². The zero-order chi connectivity index (χ0) is 23.4. The monoisotopic (exact) mass is 450 g/mol. The van der Waals surface area contributed by atoms with Crippen LogP contribution >= 0.6 is 0 Å². The highest BCUT2D eigenvalue weighted by atomic mass is 16.5. The minimum absolute atomic E-state index is 0.0276. The second-order valence-electron chi connectivity index (χ2n) is 9.09. The van der Waals surface area contributed by atoms with Crippen LogP contribution in [0.25, 0.3) is 11.1 Å². The summed E-state index contributed by atoms with van der Waals surface area (Å²) in [5, 5.41) is 14.5. The number of alkyl carbamates (subject to hydrolysis) is 1. The van der Waals surface area contributed by atoms with Gasteiger partial charge in [-0.05, 0) is 42.0 Å². The Labute approximate surface area is 193 Å². The van der Waals surface area contributed by atoms with Crippen LogP contribution in [0.5, 0.6) is 0 Å². The molecule has 2 aliphatic rings. The van der Waals surface area contributed by atoms with E-state index >= 15 is 0 Å². The minimum Gasteiger partial charge on any atom is -0.481 e. The number of rotatable bonds is 7. The summed E-state index contributed by atoms with van der Waals surface area (Å²) >= 11 is 0. The topological polar surface area (TPSA) is 105 Å². The first kappa shape index (κ1) is 22.8. The van der Waals surface area contributed by atoms with E-state index in [1.54, 1.807) is 0 Å². The summed E-state index contributed by atoms with van der Waals surface area (Å²) in [5.74, 6) is -1.22. The molecule has 0 aliphatic heterocycles. The van der Waals surface area contributed by atoms with E-state index < -0.39 is 17.5 Å². The number of carboxylic acid groups (broad SMARTS) is 1. The van der Waals surface area contributed by atoms with Crippen LogP contribution in [-0.4, -0.2) is 42.3 Å². The lowest BCUT2D eigenvalue weighted by atomic mass is 9.71. The van der Waals surface area contributed by atoms with E-state index in [4.69, 9.17) is 9.84 Å². The van der Waals surface area contributed by atoms with Crippen molar-refractivity contribution in [3.8, 4) is 11.1 Å². The molecule has 2 aliphatic carbocycles. The van der Waals surface area contributed by atoms with Gasteiger partial charge in [0.05, 0.1) is 11.8 Å². The summed E-state index contributed by atoms with van der Waals surface area (Å²) in [6.07, 6.45) is 2.42. The van der Waals surface area contributed by atoms with Crippen molar-refractivity contribution < 1.29 is 24.2 Å². The van der Waals surface area contributed by atoms with Gasteiger partial charge in [0.25, 0.3) is 0 Å². The van der Waals surface area contributed by atoms with Gasteiger partial charge >= 0.3 is 12.1 Å². The van der Waals surface area contributed by atoms with Crippen LogP contribution < -0.4 is 10.6 Å². The molecule has 7 nitrogen and oxygen atoms in total. The van der Waals surface area contributed by atoms with Crippen LogP contribution in [0, 0.1) is 5.41 Å². The molecule has 2 atom stereocenters. The third-order valence-electron chi connectivity index (χ3n) is 6.99. The van der Waals surface area contributed by atoms with Crippen LogP contribution in [0.4, 0.5) is 4.79 Å². The van der Waals surface area contributed by atoms with Crippen molar-refractivity contribution in [2.45, 2.75) is 51.0 Å². The van der Waals surface area contributed by atoms with Gasteiger partial charge in [-0.2, -0.15) is 0 Å². The van der Waals surface area contributed by atoms with Crippen LogP contribution in [0.3, 0.4) is 0 Å². The molecule has 0 spiro atoms. The molecule has 2 aromatic carbocycles. The van der Waals surface area contributed by atoms with Gasteiger partial charge in [0.1, 0.15) is 6.61 Å². The van der Waals surface area contributed by atoms with Gasteiger partial charge in [-0.25, -0.2) is 4.79 Å². The van der Waals surface area contributed by atoms with Crippen molar-refractivity contribution in [3.63, 3.8) is 0 Å². The van der Waals surface area contributed by atoms with Crippen LogP contribution in [0.15, 0.2) is 48.5 Å². The number of amides is 2. The molecule has 3 N–H and O–H groups in total. The van der Waals surface area contributed by atoms with Crippen molar-refractivity contribution in [1.82, 2.24) is 10.6 Å². The molecule has 33 heavy (non-hydrogen) atoms. The molecule has 0 heterocycles. The maximum Gasteiger partial charge on any atom is 0.407 e. The standard InChI is InChI=1S/C26H30N2O5/c1-26(24(31)27-15-13-23(29)30)14-7-6-12-22(26)28-25(32)33-16-21-19-10-4-2-8-17(19)18-9-3-5-11-20(18)21/h2-5,8-11,21-22H,6-7,12-16H2,1H3,(H,27,31)(H,28,32)(H,29,30). The normalized spacial score (nSPS) is 21.5. The summed E-state index contributed by atoms with van der Waals surface area (Å²) in [6.45, 7) is 2.12. The van der Waals surface area contributed by atoms with Gasteiger partial charge in [0, 0.05) is 18.5 Å². The maximum atomic E-state index is 12.8. The molecule has 0 saturated heterocycles. The average molecular weight is 451 g/mol. The number of hydrogen-bond donors (Lipinski definition) is 3. The first-order valence-electron chi connectivity index (χ1n) is 11.5. The predicted octanol–water partition coefficient (Wildman–Crippen LogP) is 4.06. The van der Waals surface area contributed by atoms with E-state index in [1.807, 2.05) is 31.2 Å². The number of carbonyl (C=O) groups is 3. The predicted molar refractivity (Wildman–Crippen MR) is 124 cm³/mol. The number of fused-ring (bicyclic) bond motifs is 3. The molecule has 2 aromatic rings. The Balaban J connectivity index is 1.40. The Bertz CT molecular complexity index is 1010. The fraction of sp³-hybridized carbons (Fsp3) is 0.423. The average Bonchev–Trinajstić information content (AvgIpc) is 3.13. The van der Waals surface area contributed by atoms with E-state index in [9.17, 15) is 14.4 Å². The zero-order valence-electron chi connectivity index (χ0n) is 18.8. The Morgan fingerprint density at radius 2 is 1.67 bits per heavy atom. The van der Waals surface area contributed by atoms with Crippen molar-refractivity contribution in [3.05, 3.63) is 59.7 Å². The van der Waals surface area contributed by atoms with E-state index in [-0.39, 0.29) is 37.4 Å². The van der Waals surface area contributed by atoms with Crippen LogP contribution in [0.2, 0.25) is 0 Å².